The molecule has 0 radical (unpaired) electrons. The molecule has 6 heteroatoms. The molecule has 5 rings (SSSR count). The van der Waals surface area contributed by atoms with Gasteiger partial charge in [-0.1, -0.05) is 90.5 Å². The molecule has 6 nitrogen and oxygen atoms in total. The van der Waals surface area contributed by atoms with Crippen molar-refractivity contribution in [2.45, 2.75) is 12.8 Å². The van der Waals surface area contributed by atoms with Gasteiger partial charge in [0.05, 0.1) is 22.7 Å². The molecule has 1 aliphatic rings. The molecular weight excluding hydrogens is 464 g/mol. The normalized spacial score (nSPS) is 12.5. The van der Waals surface area contributed by atoms with E-state index in [1.54, 1.807) is 36.4 Å². The molecule has 4 amide bonds. The smallest absolute Gasteiger partial charge is 0.262 e. The lowest BCUT2D eigenvalue weighted by atomic mass is 9.89. The summed E-state index contributed by atoms with van der Waals surface area (Å²) in [5.41, 5.74) is 3.29. The standard InChI is InChI=1S/C31H24N2O4/c1-21-16-18-24(19-17-21)33(27(34)20-32-29(35)25-14-8-9-15-26(25)30(32)36)31(37)28(22-10-4-2-5-11-22)23-12-6-3-7-13-23/h2-19,28H,20H2,1H3. The highest BCUT2D eigenvalue weighted by molar-refractivity contribution is 6.25. The number of anilines is 1. The fourth-order valence-electron chi connectivity index (χ4n) is 4.57. The number of rotatable bonds is 6. The summed E-state index contributed by atoms with van der Waals surface area (Å²) in [4.78, 5) is 55.9. The van der Waals surface area contributed by atoms with Crippen LogP contribution in [0.1, 0.15) is 43.3 Å². The molecule has 4 aromatic rings. The Hall–Kier alpha value is -4.84. The Labute approximate surface area is 214 Å². The number of hydrogen-bond donors (Lipinski definition) is 0. The molecule has 0 fully saturated rings. The van der Waals surface area contributed by atoms with Crippen molar-refractivity contribution in [2.75, 3.05) is 11.4 Å². The van der Waals surface area contributed by atoms with Crippen LogP contribution >= 0.6 is 0 Å². The molecule has 0 spiro atoms. The lowest BCUT2D eigenvalue weighted by Gasteiger charge is -2.28. The lowest BCUT2D eigenvalue weighted by molar-refractivity contribution is -0.127. The van der Waals surface area contributed by atoms with Gasteiger partial charge in [0.25, 0.3) is 17.7 Å². The maximum absolute atomic E-state index is 14.2. The molecule has 1 aliphatic heterocycles. The van der Waals surface area contributed by atoms with Crippen LogP contribution in [0.15, 0.2) is 109 Å². The first-order valence-electron chi connectivity index (χ1n) is 11.9. The Morgan fingerprint density at radius 3 is 1.62 bits per heavy atom. The molecule has 0 aromatic heterocycles. The quantitative estimate of drug-likeness (QED) is 0.359. The Kier molecular flexibility index (Phi) is 6.47. The third-order valence-electron chi connectivity index (χ3n) is 6.45. The summed E-state index contributed by atoms with van der Waals surface area (Å²) < 4.78 is 0. The molecule has 1 heterocycles. The zero-order valence-corrected chi connectivity index (χ0v) is 20.2. The van der Waals surface area contributed by atoms with Gasteiger partial charge in [0.2, 0.25) is 5.91 Å². The predicted molar refractivity (Wildman–Crippen MR) is 140 cm³/mol. The number of carbonyl (C=O) groups excluding carboxylic acids is 4. The van der Waals surface area contributed by atoms with Crippen LogP contribution in [-0.4, -0.2) is 35.1 Å². The molecule has 0 atom stereocenters. The minimum Gasteiger partial charge on any atom is -0.273 e. The van der Waals surface area contributed by atoms with Crippen molar-refractivity contribution in [2.24, 2.45) is 0 Å². The number of imide groups is 2. The number of nitrogens with zero attached hydrogens (tertiary/aromatic N) is 2. The molecule has 0 bridgehead atoms. The topological polar surface area (TPSA) is 74.8 Å². The Morgan fingerprint density at radius 1 is 0.676 bits per heavy atom. The Morgan fingerprint density at radius 2 is 1.14 bits per heavy atom. The third kappa shape index (κ3) is 4.57. The van der Waals surface area contributed by atoms with Crippen molar-refractivity contribution in [3.8, 4) is 0 Å². The zero-order chi connectivity index (χ0) is 25.9. The number of amides is 4. The Bertz CT molecular complexity index is 1410. The van der Waals surface area contributed by atoms with Gasteiger partial charge in [-0.3, -0.25) is 24.1 Å². The maximum atomic E-state index is 14.2. The SMILES string of the molecule is Cc1ccc(N(C(=O)CN2C(=O)c3ccccc3C2=O)C(=O)C(c2ccccc2)c2ccccc2)cc1. The molecular formula is C31H24N2O4. The first-order chi connectivity index (χ1) is 18.0. The van der Waals surface area contributed by atoms with E-state index >= 15 is 0 Å². The molecule has 0 saturated carbocycles. The van der Waals surface area contributed by atoms with E-state index in [0.29, 0.717) is 5.69 Å². The van der Waals surface area contributed by atoms with Crippen LogP contribution in [0, 0.1) is 6.92 Å². The van der Waals surface area contributed by atoms with Crippen molar-refractivity contribution in [1.82, 2.24) is 4.90 Å². The zero-order valence-electron chi connectivity index (χ0n) is 20.2. The van der Waals surface area contributed by atoms with Crippen molar-refractivity contribution in [3.05, 3.63) is 137 Å². The Balaban J connectivity index is 1.55. The van der Waals surface area contributed by atoms with Gasteiger partial charge < -0.3 is 0 Å². The fourth-order valence-corrected chi connectivity index (χ4v) is 4.57. The number of fused-ring (bicyclic) bond motifs is 1. The van der Waals surface area contributed by atoms with Gasteiger partial charge in [-0.2, -0.15) is 0 Å². The summed E-state index contributed by atoms with van der Waals surface area (Å²) in [6.07, 6.45) is 0. The predicted octanol–water partition coefficient (Wildman–Crippen LogP) is 4.98. The highest BCUT2D eigenvalue weighted by Crippen LogP contribution is 2.30. The molecule has 4 aromatic carbocycles. The van der Waals surface area contributed by atoms with Gasteiger partial charge in [0, 0.05) is 0 Å². The first-order valence-corrected chi connectivity index (χ1v) is 11.9. The summed E-state index contributed by atoms with van der Waals surface area (Å²) in [5, 5.41) is 0. The van der Waals surface area contributed by atoms with E-state index < -0.39 is 36.1 Å². The van der Waals surface area contributed by atoms with Crippen molar-refractivity contribution in [1.29, 1.82) is 0 Å². The molecule has 0 saturated heterocycles. The molecule has 0 unspecified atom stereocenters. The summed E-state index contributed by atoms with van der Waals surface area (Å²) in [5.74, 6) is -3.00. The summed E-state index contributed by atoms with van der Waals surface area (Å²) in [7, 11) is 0. The second kappa shape index (κ2) is 10.0. The minimum absolute atomic E-state index is 0.250. The molecule has 0 aliphatic carbocycles. The third-order valence-corrected chi connectivity index (χ3v) is 6.45. The summed E-state index contributed by atoms with van der Waals surface area (Å²) >= 11 is 0. The average Bonchev–Trinajstić information content (AvgIpc) is 3.16. The second-order valence-corrected chi connectivity index (χ2v) is 8.90. The summed E-state index contributed by atoms with van der Waals surface area (Å²) in [6, 6.07) is 31.9. The highest BCUT2D eigenvalue weighted by Gasteiger charge is 2.39. The largest absolute Gasteiger partial charge is 0.273 e. The van der Waals surface area contributed by atoms with Crippen LogP contribution in [0.3, 0.4) is 0 Å². The van der Waals surface area contributed by atoms with Crippen molar-refractivity contribution in [3.63, 3.8) is 0 Å². The van der Waals surface area contributed by atoms with Gasteiger partial charge in [-0.25, -0.2) is 4.90 Å². The van der Waals surface area contributed by atoms with E-state index in [1.807, 2.05) is 79.7 Å². The average molecular weight is 489 g/mol. The number of benzene rings is 4. The van der Waals surface area contributed by atoms with Crippen LogP contribution in [0.5, 0.6) is 0 Å². The van der Waals surface area contributed by atoms with Crippen LogP contribution in [0.2, 0.25) is 0 Å². The van der Waals surface area contributed by atoms with Crippen LogP contribution in [0.25, 0.3) is 0 Å². The molecule has 182 valence electrons. The van der Waals surface area contributed by atoms with Gasteiger partial charge in [-0.15, -0.1) is 0 Å². The number of carbonyl (C=O) groups is 4. The van der Waals surface area contributed by atoms with E-state index in [2.05, 4.69) is 0 Å². The maximum Gasteiger partial charge on any atom is 0.262 e. The van der Waals surface area contributed by atoms with Crippen LogP contribution in [-0.2, 0) is 9.59 Å². The minimum atomic E-state index is -0.769. The molecule has 37 heavy (non-hydrogen) atoms. The number of aryl methyl sites for hydroxylation is 1. The van der Waals surface area contributed by atoms with Crippen LogP contribution < -0.4 is 4.90 Å². The fraction of sp³-hybridized carbons (Fsp3) is 0.0968. The van der Waals surface area contributed by atoms with Crippen LogP contribution in [0.4, 0.5) is 5.69 Å². The van der Waals surface area contributed by atoms with Crippen molar-refractivity contribution >= 4 is 29.3 Å². The summed E-state index contributed by atoms with van der Waals surface area (Å²) in [6.45, 7) is 1.36. The second-order valence-electron chi connectivity index (χ2n) is 8.90. The number of hydrogen-bond acceptors (Lipinski definition) is 4. The van der Waals surface area contributed by atoms with E-state index in [0.717, 1.165) is 26.5 Å². The van der Waals surface area contributed by atoms with Gasteiger partial charge in [-0.05, 0) is 42.3 Å². The van der Waals surface area contributed by atoms with Gasteiger partial charge >= 0.3 is 0 Å². The monoisotopic (exact) mass is 488 g/mol. The van der Waals surface area contributed by atoms with Gasteiger partial charge in [0.15, 0.2) is 0 Å². The van der Waals surface area contributed by atoms with Gasteiger partial charge in [0.1, 0.15) is 6.54 Å². The highest BCUT2D eigenvalue weighted by atomic mass is 16.2. The lowest BCUT2D eigenvalue weighted by Crippen LogP contribution is -2.47. The van der Waals surface area contributed by atoms with Crippen molar-refractivity contribution < 1.29 is 19.2 Å². The van der Waals surface area contributed by atoms with E-state index in [9.17, 15) is 19.2 Å². The first kappa shape index (κ1) is 23.9. The molecule has 0 N–H and O–H groups in total. The van der Waals surface area contributed by atoms with E-state index in [1.165, 1.54) is 0 Å². The van der Waals surface area contributed by atoms with E-state index in [4.69, 9.17) is 0 Å². The van der Waals surface area contributed by atoms with E-state index in [-0.39, 0.29) is 11.1 Å².